The maximum Gasteiger partial charge on any atom is 0.193 e. The van der Waals surface area contributed by atoms with E-state index in [1.54, 1.807) is 14.2 Å². The number of aliphatic imine (C=N–C) groups is 1. The summed E-state index contributed by atoms with van der Waals surface area (Å²) in [4.78, 5) is 9.36. The van der Waals surface area contributed by atoms with Gasteiger partial charge in [0.05, 0.1) is 20.8 Å². The first-order valence-electron chi connectivity index (χ1n) is 10.8. The van der Waals surface area contributed by atoms with Crippen molar-refractivity contribution in [3.05, 3.63) is 65.7 Å². The molecule has 0 saturated heterocycles. The van der Waals surface area contributed by atoms with Gasteiger partial charge < -0.3 is 24.6 Å². The van der Waals surface area contributed by atoms with E-state index in [1.807, 2.05) is 12.1 Å². The zero-order valence-electron chi connectivity index (χ0n) is 19.5. The number of guanidine groups is 1. The molecule has 174 valence electrons. The molecule has 32 heavy (non-hydrogen) atoms. The maximum atomic E-state index is 5.42. The van der Waals surface area contributed by atoms with Crippen LogP contribution in [0.25, 0.3) is 0 Å². The molecule has 1 N–H and O–H groups in total. The number of hydrogen-bond donors (Lipinski definition) is 1. The third-order valence-corrected chi connectivity index (χ3v) is 5.41. The van der Waals surface area contributed by atoms with Crippen molar-refractivity contribution in [2.75, 3.05) is 52.3 Å². The molecule has 0 bridgehead atoms. The summed E-state index contributed by atoms with van der Waals surface area (Å²) in [5.74, 6) is 2.42. The summed E-state index contributed by atoms with van der Waals surface area (Å²) in [5, 5.41) is 3.40. The van der Waals surface area contributed by atoms with Gasteiger partial charge in [-0.3, -0.25) is 0 Å². The lowest BCUT2D eigenvalue weighted by atomic mass is 10.1. The van der Waals surface area contributed by atoms with E-state index in [0.29, 0.717) is 6.54 Å². The van der Waals surface area contributed by atoms with Crippen LogP contribution < -0.4 is 19.7 Å². The van der Waals surface area contributed by atoms with Crippen molar-refractivity contribution >= 4 is 35.6 Å². The Hall–Kier alpha value is -2.42. The van der Waals surface area contributed by atoms with Crippen LogP contribution in [-0.2, 0) is 13.0 Å². The van der Waals surface area contributed by atoms with Crippen LogP contribution in [0, 0.1) is 0 Å². The molecular weight excluding hydrogens is 515 g/mol. The van der Waals surface area contributed by atoms with Gasteiger partial charge in [0, 0.05) is 38.9 Å². The van der Waals surface area contributed by atoms with E-state index in [1.165, 1.54) is 16.8 Å². The van der Waals surface area contributed by atoms with Crippen molar-refractivity contribution in [2.45, 2.75) is 19.9 Å². The minimum atomic E-state index is 0. The number of nitrogens with zero attached hydrogens (tertiary/aromatic N) is 3. The fourth-order valence-corrected chi connectivity index (χ4v) is 3.58. The van der Waals surface area contributed by atoms with Crippen LogP contribution >= 0.6 is 24.0 Å². The first-order valence-corrected chi connectivity index (χ1v) is 10.8. The van der Waals surface area contributed by atoms with Crippen molar-refractivity contribution < 1.29 is 9.47 Å². The van der Waals surface area contributed by atoms with E-state index in [4.69, 9.17) is 14.5 Å². The number of benzene rings is 2. The van der Waals surface area contributed by atoms with Gasteiger partial charge in [-0.15, -0.1) is 24.0 Å². The van der Waals surface area contributed by atoms with Gasteiger partial charge in [-0.1, -0.05) is 30.4 Å². The normalized spacial score (nSPS) is 13.0. The molecule has 0 saturated carbocycles. The molecule has 3 rings (SSSR count). The molecule has 0 radical (unpaired) electrons. The highest BCUT2D eigenvalue weighted by atomic mass is 127. The lowest BCUT2D eigenvalue weighted by Crippen LogP contribution is -2.39. The fraction of sp³-hybridized carbons (Fsp3) is 0.400. The highest BCUT2D eigenvalue weighted by Gasteiger charge is 2.10. The van der Waals surface area contributed by atoms with Crippen LogP contribution in [0.3, 0.4) is 0 Å². The SMILES string of the molecule is CCNC(=NCc1ccc(N2CC=CC2)cc1)N(C)CCc1ccc(OC)c(OC)c1.I. The van der Waals surface area contributed by atoms with Gasteiger partial charge in [-0.25, -0.2) is 4.99 Å². The molecular formula is C25H35IN4O2. The minimum Gasteiger partial charge on any atom is -0.493 e. The Labute approximate surface area is 209 Å². The molecule has 0 fully saturated rings. The zero-order valence-corrected chi connectivity index (χ0v) is 21.8. The van der Waals surface area contributed by atoms with Crippen LogP contribution in [-0.4, -0.2) is 58.3 Å². The Morgan fingerprint density at radius 2 is 1.66 bits per heavy atom. The molecule has 1 aliphatic rings. The number of hydrogen-bond acceptors (Lipinski definition) is 4. The van der Waals surface area contributed by atoms with Gasteiger partial charge in [0.1, 0.15) is 0 Å². The highest BCUT2D eigenvalue weighted by Crippen LogP contribution is 2.27. The number of methoxy groups -OCH3 is 2. The van der Waals surface area contributed by atoms with Gasteiger partial charge >= 0.3 is 0 Å². The monoisotopic (exact) mass is 550 g/mol. The molecule has 6 nitrogen and oxygen atoms in total. The number of rotatable bonds is 9. The van der Waals surface area contributed by atoms with Crippen molar-refractivity contribution in [3.8, 4) is 11.5 Å². The number of ether oxygens (including phenoxy) is 2. The molecule has 2 aromatic carbocycles. The van der Waals surface area contributed by atoms with Crippen molar-refractivity contribution in [1.29, 1.82) is 0 Å². The molecule has 0 amide bonds. The first-order chi connectivity index (χ1) is 15.1. The molecule has 1 heterocycles. The predicted molar refractivity (Wildman–Crippen MR) is 144 cm³/mol. The van der Waals surface area contributed by atoms with E-state index in [0.717, 1.165) is 50.1 Å². The van der Waals surface area contributed by atoms with Crippen LogP contribution in [0.5, 0.6) is 11.5 Å². The number of anilines is 1. The Morgan fingerprint density at radius 1 is 1.00 bits per heavy atom. The standard InChI is InChI=1S/C25H34N4O2.HI/c1-5-26-25(27-19-21-8-11-22(12-9-21)29-15-6-7-16-29)28(2)17-14-20-10-13-23(30-3)24(18-20)31-4;/h6-13,18H,5,14-17,19H2,1-4H3,(H,26,27);1H. The van der Waals surface area contributed by atoms with Crippen LogP contribution in [0.15, 0.2) is 59.6 Å². The third kappa shape index (κ3) is 7.05. The smallest absolute Gasteiger partial charge is 0.193 e. The summed E-state index contributed by atoms with van der Waals surface area (Å²) in [6, 6.07) is 14.8. The number of likely N-dealkylation sites (N-methyl/N-ethyl adjacent to an activating group) is 1. The van der Waals surface area contributed by atoms with Gasteiger partial charge in [0.15, 0.2) is 17.5 Å². The molecule has 0 unspecified atom stereocenters. The molecule has 2 aromatic rings. The highest BCUT2D eigenvalue weighted by molar-refractivity contribution is 14.0. The average Bonchev–Trinajstić information content (AvgIpc) is 3.35. The van der Waals surface area contributed by atoms with Crippen LogP contribution in [0.4, 0.5) is 5.69 Å². The quantitative estimate of drug-likeness (QED) is 0.218. The van der Waals surface area contributed by atoms with Gasteiger partial charge in [0.2, 0.25) is 0 Å². The summed E-state index contributed by atoms with van der Waals surface area (Å²) < 4.78 is 10.7. The predicted octanol–water partition coefficient (Wildman–Crippen LogP) is 4.34. The lowest BCUT2D eigenvalue weighted by molar-refractivity contribution is 0.354. The van der Waals surface area contributed by atoms with Gasteiger partial charge in [-0.2, -0.15) is 0 Å². The maximum absolute atomic E-state index is 5.42. The third-order valence-electron chi connectivity index (χ3n) is 5.41. The van der Waals surface area contributed by atoms with E-state index < -0.39 is 0 Å². The Bertz CT molecular complexity index is 891. The molecule has 0 atom stereocenters. The molecule has 0 spiro atoms. The Morgan fingerprint density at radius 3 is 2.28 bits per heavy atom. The second kappa shape index (κ2) is 13.2. The zero-order chi connectivity index (χ0) is 22.1. The number of halogens is 1. The van der Waals surface area contributed by atoms with Gasteiger partial charge in [0.25, 0.3) is 0 Å². The number of nitrogens with one attached hydrogen (secondary N) is 1. The summed E-state index contributed by atoms with van der Waals surface area (Å²) in [6.45, 7) is 6.42. The lowest BCUT2D eigenvalue weighted by Gasteiger charge is -2.22. The van der Waals surface area contributed by atoms with Gasteiger partial charge in [-0.05, 0) is 48.7 Å². The van der Waals surface area contributed by atoms with E-state index in [9.17, 15) is 0 Å². The van der Waals surface area contributed by atoms with E-state index in [2.05, 4.69) is 71.6 Å². The Kier molecular flexibility index (Phi) is 10.7. The minimum absolute atomic E-state index is 0. The van der Waals surface area contributed by atoms with Crippen molar-refractivity contribution in [1.82, 2.24) is 10.2 Å². The molecule has 7 heteroatoms. The summed E-state index contributed by atoms with van der Waals surface area (Å²) in [7, 11) is 5.39. The molecule has 0 aromatic heterocycles. The molecule has 0 aliphatic carbocycles. The second-order valence-corrected chi connectivity index (χ2v) is 7.57. The van der Waals surface area contributed by atoms with Crippen molar-refractivity contribution in [3.63, 3.8) is 0 Å². The summed E-state index contributed by atoms with van der Waals surface area (Å²) in [6.07, 6.45) is 5.30. The van der Waals surface area contributed by atoms with Crippen LogP contribution in [0.1, 0.15) is 18.1 Å². The Balaban J connectivity index is 0.00000363. The average molecular weight is 550 g/mol. The fourth-order valence-electron chi connectivity index (χ4n) is 3.58. The molecule has 1 aliphatic heterocycles. The van der Waals surface area contributed by atoms with Crippen molar-refractivity contribution in [2.24, 2.45) is 4.99 Å². The summed E-state index contributed by atoms with van der Waals surface area (Å²) in [5.41, 5.74) is 3.67. The van der Waals surface area contributed by atoms with E-state index in [-0.39, 0.29) is 24.0 Å². The topological polar surface area (TPSA) is 49.3 Å². The summed E-state index contributed by atoms with van der Waals surface area (Å²) >= 11 is 0. The first kappa shape index (κ1) is 25.8. The van der Waals surface area contributed by atoms with Crippen LogP contribution in [0.2, 0.25) is 0 Å². The largest absolute Gasteiger partial charge is 0.493 e. The second-order valence-electron chi connectivity index (χ2n) is 7.57. The van der Waals surface area contributed by atoms with E-state index >= 15 is 0 Å².